The van der Waals surface area contributed by atoms with Crippen LogP contribution < -0.4 is 10.6 Å². The Kier molecular flexibility index (Phi) is 4.18. The summed E-state index contributed by atoms with van der Waals surface area (Å²) < 4.78 is 0. The number of hydrogen-bond donors (Lipinski definition) is 2. The number of anilines is 1. The summed E-state index contributed by atoms with van der Waals surface area (Å²) in [7, 11) is 0. The second-order valence-corrected chi connectivity index (χ2v) is 9.73. The van der Waals surface area contributed by atoms with Crippen LogP contribution >= 0.6 is 0 Å². The zero-order valence-corrected chi connectivity index (χ0v) is 16.9. The van der Waals surface area contributed by atoms with Gasteiger partial charge in [0.2, 0.25) is 0 Å². The SMILES string of the molecule is O=C(NC1CCCC1)c1ccc2c(c1)[C@H]1[C@@H]3CC[C@H](C3)[C@H]1[C@@H](c1ccccc1)N2. The zero-order valence-electron chi connectivity index (χ0n) is 16.9. The summed E-state index contributed by atoms with van der Waals surface area (Å²) in [5.41, 5.74) is 4.89. The van der Waals surface area contributed by atoms with Crippen molar-refractivity contribution in [1.82, 2.24) is 5.32 Å². The average molecular weight is 387 g/mol. The molecule has 1 aliphatic heterocycles. The topological polar surface area (TPSA) is 41.1 Å². The maximum Gasteiger partial charge on any atom is 0.251 e. The van der Waals surface area contributed by atoms with Crippen molar-refractivity contribution >= 4 is 11.6 Å². The van der Waals surface area contributed by atoms with Crippen LogP contribution in [-0.4, -0.2) is 11.9 Å². The molecule has 3 aliphatic carbocycles. The molecule has 2 aromatic rings. The van der Waals surface area contributed by atoms with Crippen LogP contribution in [0.1, 0.15) is 78.4 Å². The molecule has 1 amide bonds. The van der Waals surface area contributed by atoms with E-state index in [9.17, 15) is 4.79 Å². The normalized spacial score (nSPS) is 32.5. The molecule has 1 heterocycles. The van der Waals surface area contributed by atoms with Crippen LogP contribution in [0.2, 0.25) is 0 Å². The van der Waals surface area contributed by atoms with E-state index in [1.54, 1.807) is 0 Å². The van der Waals surface area contributed by atoms with Gasteiger partial charge in [-0.05, 0) is 85.1 Å². The van der Waals surface area contributed by atoms with Gasteiger partial charge in [-0.2, -0.15) is 0 Å². The smallest absolute Gasteiger partial charge is 0.251 e. The second kappa shape index (κ2) is 6.90. The highest BCUT2D eigenvalue weighted by molar-refractivity contribution is 5.95. The fourth-order valence-corrected chi connectivity index (χ4v) is 6.96. The molecule has 0 spiro atoms. The fourth-order valence-electron chi connectivity index (χ4n) is 6.96. The summed E-state index contributed by atoms with van der Waals surface area (Å²) in [5, 5.41) is 7.15. The van der Waals surface area contributed by atoms with Gasteiger partial charge < -0.3 is 10.6 Å². The van der Waals surface area contributed by atoms with Crippen molar-refractivity contribution in [2.75, 3.05) is 5.32 Å². The zero-order chi connectivity index (χ0) is 19.4. The molecule has 29 heavy (non-hydrogen) atoms. The van der Waals surface area contributed by atoms with Gasteiger partial charge in [-0.25, -0.2) is 0 Å². The minimum Gasteiger partial charge on any atom is -0.378 e. The fraction of sp³-hybridized carbons (Fsp3) is 0.500. The average Bonchev–Trinajstić information content (AvgIpc) is 3.51. The first-order valence-corrected chi connectivity index (χ1v) is 11.5. The molecule has 6 rings (SSSR count). The molecule has 0 unspecified atom stereocenters. The van der Waals surface area contributed by atoms with E-state index in [1.165, 1.54) is 48.9 Å². The number of rotatable bonds is 3. The van der Waals surface area contributed by atoms with E-state index in [2.05, 4.69) is 53.1 Å². The van der Waals surface area contributed by atoms with E-state index in [0.29, 0.717) is 23.9 Å². The lowest BCUT2D eigenvalue weighted by Gasteiger charge is -2.43. The van der Waals surface area contributed by atoms with E-state index in [0.717, 1.165) is 30.2 Å². The predicted octanol–water partition coefficient (Wildman–Crippen LogP) is 5.66. The first-order chi connectivity index (χ1) is 14.3. The van der Waals surface area contributed by atoms with Crippen molar-refractivity contribution in [3.63, 3.8) is 0 Å². The Balaban J connectivity index is 1.35. The molecular weight excluding hydrogens is 356 g/mol. The van der Waals surface area contributed by atoms with Gasteiger partial charge in [0.1, 0.15) is 0 Å². The van der Waals surface area contributed by atoms with Gasteiger partial charge in [-0.3, -0.25) is 4.79 Å². The van der Waals surface area contributed by atoms with E-state index in [4.69, 9.17) is 0 Å². The highest BCUT2D eigenvalue weighted by atomic mass is 16.1. The Hall–Kier alpha value is -2.29. The van der Waals surface area contributed by atoms with Crippen molar-refractivity contribution in [3.8, 4) is 0 Å². The Bertz CT molecular complexity index is 918. The van der Waals surface area contributed by atoms with Crippen molar-refractivity contribution in [2.45, 2.75) is 62.9 Å². The molecule has 0 saturated heterocycles. The molecule has 2 aromatic carbocycles. The Morgan fingerprint density at radius 2 is 1.72 bits per heavy atom. The molecule has 0 radical (unpaired) electrons. The van der Waals surface area contributed by atoms with E-state index in [-0.39, 0.29) is 5.91 Å². The number of fused-ring (bicyclic) bond motifs is 7. The summed E-state index contributed by atoms with van der Waals surface area (Å²) in [6.07, 6.45) is 8.83. The summed E-state index contributed by atoms with van der Waals surface area (Å²) in [6, 6.07) is 18.1. The second-order valence-electron chi connectivity index (χ2n) is 9.73. The standard InChI is InChI=1S/C26H30N2O/c29-26(27-20-8-4-5-9-20)19-12-13-22-21(15-19)23-17-10-11-18(14-17)24(23)25(28-22)16-6-2-1-3-7-16/h1-3,6-7,12-13,15,17-18,20,23-25,28H,4-5,8-11,14H2,(H,27,29)/t17-,18-,23-,24-,25-/m1/s1. The molecule has 2 N–H and O–H groups in total. The minimum absolute atomic E-state index is 0.115. The summed E-state index contributed by atoms with van der Waals surface area (Å²) in [5.74, 6) is 2.95. The number of carbonyl (C=O) groups excluding carboxylic acids is 1. The third-order valence-electron chi connectivity index (χ3n) is 8.20. The Morgan fingerprint density at radius 1 is 0.931 bits per heavy atom. The van der Waals surface area contributed by atoms with Gasteiger partial charge in [0, 0.05) is 17.3 Å². The number of nitrogens with one attached hydrogen (secondary N) is 2. The Morgan fingerprint density at radius 3 is 2.55 bits per heavy atom. The van der Waals surface area contributed by atoms with Crippen molar-refractivity contribution < 1.29 is 4.79 Å². The minimum atomic E-state index is 0.115. The van der Waals surface area contributed by atoms with E-state index in [1.807, 2.05) is 6.07 Å². The maximum absolute atomic E-state index is 12.9. The highest BCUT2D eigenvalue weighted by Crippen LogP contribution is 2.63. The van der Waals surface area contributed by atoms with Crippen LogP contribution in [0.15, 0.2) is 48.5 Å². The van der Waals surface area contributed by atoms with Crippen molar-refractivity contribution in [1.29, 1.82) is 0 Å². The van der Waals surface area contributed by atoms with Crippen molar-refractivity contribution in [3.05, 3.63) is 65.2 Å². The third-order valence-corrected chi connectivity index (χ3v) is 8.20. The van der Waals surface area contributed by atoms with Gasteiger partial charge in [0.05, 0.1) is 6.04 Å². The molecule has 0 aromatic heterocycles. The van der Waals surface area contributed by atoms with Crippen molar-refractivity contribution in [2.24, 2.45) is 17.8 Å². The molecule has 3 nitrogen and oxygen atoms in total. The van der Waals surface area contributed by atoms with E-state index < -0.39 is 0 Å². The van der Waals surface area contributed by atoms with Gasteiger partial charge in [-0.1, -0.05) is 43.2 Å². The molecule has 150 valence electrons. The monoisotopic (exact) mass is 386 g/mol. The first-order valence-electron chi connectivity index (χ1n) is 11.5. The van der Waals surface area contributed by atoms with Gasteiger partial charge in [-0.15, -0.1) is 0 Å². The van der Waals surface area contributed by atoms with Crippen LogP contribution in [-0.2, 0) is 0 Å². The van der Waals surface area contributed by atoms with Crippen LogP contribution in [0.3, 0.4) is 0 Å². The molecule has 3 heteroatoms. The van der Waals surface area contributed by atoms with Gasteiger partial charge >= 0.3 is 0 Å². The van der Waals surface area contributed by atoms with Crippen LogP contribution in [0.5, 0.6) is 0 Å². The summed E-state index contributed by atoms with van der Waals surface area (Å²) in [6.45, 7) is 0. The molecular formula is C26H30N2O. The van der Waals surface area contributed by atoms with Crippen LogP contribution in [0.4, 0.5) is 5.69 Å². The predicted molar refractivity (Wildman–Crippen MR) is 116 cm³/mol. The number of benzene rings is 2. The largest absolute Gasteiger partial charge is 0.378 e. The molecule has 2 bridgehead atoms. The quantitative estimate of drug-likeness (QED) is 0.715. The molecule has 3 saturated carbocycles. The lowest BCUT2D eigenvalue weighted by Crippen LogP contribution is -2.36. The lowest BCUT2D eigenvalue weighted by atomic mass is 9.68. The number of hydrogen-bond acceptors (Lipinski definition) is 2. The van der Waals surface area contributed by atoms with Gasteiger partial charge in [0.15, 0.2) is 0 Å². The lowest BCUT2D eigenvalue weighted by molar-refractivity contribution is 0.0937. The molecule has 5 atom stereocenters. The molecule has 3 fully saturated rings. The van der Waals surface area contributed by atoms with Gasteiger partial charge in [0.25, 0.3) is 5.91 Å². The third kappa shape index (κ3) is 2.89. The maximum atomic E-state index is 12.9. The summed E-state index contributed by atoms with van der Waals surface area (Å²) >= 11 is 0. The number of amides is 1. The first kappa shape index (κ1) is 17.6. The van der Waals surface area contributed by atoms with Crippen LogP contribution in [0, 0.1) is 17.8 Å². The number of carbonyl (C=O) groups is 1. The Labute approximate surface area is 173 Å². The molecule has 4 aliphatic rings. The highest BCUT2D eigenvalue weighted by Gasteiger charge is 2.53. The summed E-state index contributed by atoms with van der Waals surface area (Å²) in [4.78, 5) is 12.9. The van der Waals surface area contributed by atoms with Crippen LogP contribution in [0.25, 0.3) is 0 Å². The van der Waals surface area contributed by atoms with E-state index >= 15 is 0 Å².